The second kappa shape index (κ2) is 7.78. The van der Waals surface area contributed by atoms with E-state index in [1.54, 1.807) is 6.20 Å². The van der Waals surface area contributed by atoms with Crippen LogP contribution in [0.4, 0.5) is 0 Å². The highest BCUT2D eigenvalue weighted by atomic mass is 16.5. The van der Waals surface area contributed by atoms with Crippen LogP contribution in [0.3, 0.4) is 0 Å². The second-order valence-electron chi connectivity index (χ2n) is 7.32. The fraction of sp³-hybridized carbons (Fsp3) is 0.667. The molecule has 7 heteroatoms. The number of aromatic nitrogens is 1. The SMILES string of the molecule is O=C(C1CCC2NNNC2C1)N1CCCC(OCc2ccccn2)C1. The number of pyridine rings is 1. The lowest BCUT2D eigenvalue weighted by molar-refractivity contribution is -0.141. The molecule has 1 aromatic rings. The number of piperidine rings is 1. The fourth-order valence-electron chi connectivity index (χ4n) is 4.17. The zero-order chi connectivity index (χ0) is 17.1. The molecule has 7 nitrogen and oxygen atoms in total. The summed E-state index contributed by atoms with van der Waals surface area (Å²) in [6.45, 7) is 2.08. The van der Waals surface area contributed by atoms with Gasteiger partial charge in [-0.15, -0.1) is 0 Å². The minimum atomic E-state index is 0.115. The predicted octanol–water partition coefficient (Wildman–Crippen LogP) is 0.739. The lowest BCUT2D eigenvalue weighted by Gasteiger charge is -2.37. The van der Waals surface area contributed by atoms with Crippen LogP contribution >= 0.6 is 0 Å². The Bertz CT molecular complexity index is 584. The van der Waals surface area contributed by atoms with Crippen molar-refractivity contribution in [3.05, 3.63) is 30.1 Å². The van der Waals surface area contributed by atoms with E-state index in [9.17, 15) is 4.79 Å². The molecular formula is C18H27N5O2. The fourth-order valence-corrected chi connectivity index (χ4v) is 4.17. The molecule has 25 heavy (non-hydrogen) atoms. The van der Waals surface area contributed by atoms with Crippen molar-refractivity contribution < 1.29 is 9.53 Å². The van der Waals surface area contributed by atoms with Crippen molar-refractivity contribution in [1.82, 2.24) is 26.3 Å². The molecule has 2 aliphatic heterocycles. The number of hydrogen-bond acceptors (Lipinski definition) is 6. The van der Waals surface area contributed by atoms with Crippen LogP contribution in [0.25, 0.3) is 0 Å². The lowest BCUT2D eigenvalue weighted by Crippen LogP contribution is -2.49. The number of rotatable bonds is 4. The summed E-state index contributed by atoms with van der Waals surface area (Å²) in [6, 6.07) is 6.65. The third-order valence-corrected chi connectivity index (χ3v) is 5.60. The Labute approximate surface area is 148 Å². The molecule has 2 saturated heterocycles. The summed E-state index contributed by atoms with van der Waals surface area (Å²) >= 11 is 0. The van der Waals surface area contributed by atoms with Crippen molar-refractivity contribution in [3.63, 3.8) is 0 Å². The number of hydrogen-bond donors (Lipinski definition) is 3. The molecule has 3 fully saturated rings. The molecule has 3 aliphatic rings. The number of hydrazine groups is 2. The number of nitrogens with zero attached hydrogens (tertiary/aromatic N) is 2. The van der Waals surface area contributed by atoms with Gasteiger partial charge in [0, 0.05) is 37.3 Å². The van der Waals surface area contributed by atoms with Gasteiger partial charge in [0.25, 0.3) is 0 Å². The van der Waals surface area contributed by atoms with Gasteiger partial charge in [0.05, 0.1) is 18.4 Å². The average molecular weight is 345 g/mol. The molecule has 3 heterocycles. The molecule has 0 radical (unpaired) electrons. The Morgan fingerprint density at radius 1 is 1.24 bits per heavy atom. The first-order valence-corrected chi connectivity index (χ1v) is 9.36. The summed E-state index contributed by atoms with van der Waals surface area (Å²) in [5.41, 5.74) is 10.4. The minimum Gasteiger partial charge on any atom is -0.370 e. The molecule has 3 N–H and O–H groups in total. The quantitative estimate of drug-likeness (QED) is 0.747. The first-order chi connectivity index (χ1) is 12.3. The predicted molar refractivity (Wildman–Crippen MR) is 93.0 cm³/mol. The Balaban J connectivity index is 1.29. The van der Waals surface area contributed by atoms with Gasteiger partial charge in [0.2, 0.25) is 5.91 Å². The van der Waals surface area contributed by atoms with E-state index in [0.29, 0.717) is 31.1 Å². The van der Waals surface area contributed by atoms with E-state index >= 15 is 0 Å². The van der Waals surface area contributed by atoms with Gasteiger partial charge in [0.15, 0.2) is 0 Å². The maximum Gasteiger partial charge on any atom is 0.225 e. The molecule has 4 atom stereocenters. The summed E-state index contributed by atoms with van der Waals surface area (Å²) < 4.78 is 6.02. The van der Waals surface area contributed by atoms with Crippen LogP contribution in [0.5, 0.6) is 0 Å². The third-order valence-electron chi connectivity index (χ3n) is 5.60. The van der Waals surface area contributed by atoms with E-state index in [1.165, 1.54) is 0 Å². The summed E-state index contributed by atoms with van der Waals surface area (Å²) in [4.78, 5) is 19.3. The van der Waals surface area contributed by atoms with Gasteiger partial charge < -0.3 is 9.64 Å². The van der Waals surface area contributed by atoms with Crippen LogP contribution < -0.4 is 16.4 Å². The molecule has 0 aromatic carbocycles. The number of ether oxygens (including phenoxy) is 1. The third kappa shape index (κ3) is 4.00. The van der Waals surface area contributed by atoms with Crippen molar-refractivity contribution in [1.29, 1.82) is 0 Å². The van der Waals surface area contributed by atoms with E-state index in [-0.39, 0.29) is 12.0 Å². The maximum absolute atomic E-state index is 13.0. The highest BCUT2D eigenvalue weighted by Gasteiger charge is 2.38. The van der Waals surface area contributed by atoms with E-state index in [0.717, 1.165) is 44.3 Å². The van der Waals surface area contributed by atoms with Gasteiger partial charge in [0.1, 0.15) is 0 Å². The van der Waals surface area contributed by atoms with Crippen LogP contribution in [-0.2, 0) is 16.1 Å². The summed E-state index contributed by atoms with van der Waals surface area (Å²) in [6.07, 6.45) is 6.83. The smallest absolute Gasteiger partial charge is 0.225 e. The zero-order valence-corrected chi connectivity index (χ0v) is 14.5. The zero-order valence-electron chi connectivity index (χ0n) is 14.5. The monoisotopic (exact) mass is 345 g/mol. The highest BCUT2D eigenvalue weighted by Crippen LogP contribution is 2.28. The van der Waals surface area contributed by atoms with Crippen molar-refractivity contribution in [2.45, 2.75) is 56.9 Å². The Morgan fingerprint density at radius 3 is 3.04 bits per heavy atom. The number of carbonyl (C=O) groups excluding carboxylic acids is 1. The number of carbonyl (C=O) groups is 1. The molecule has 1 aliphatic carbocycles. The van der Waals surface area contributed by atoms with Crippen LogP contribution in [0.1, 0.15) is 37.8 Å². The molecule has 1 aromatic heterocycles. The van der Waals surface area contributed by atoms with Gasteiger partial charge >= 0.3 is 0 Å². The van der Waals surface area contributed by atoms with Crippen molar-refractivity contribution in [2.24, 2.45) is 5.92 Å². The standard InChI is InChI=1S/C18H27N5O2/c24-18(13-6-7-16-17(10-13)21-22-20-16)23-9-3-5-15(11-23)25-12-14-4-1-2-8-19-14/h1-2,4,8,13,15-17,20-22H,3,5-7,9-12H2. The molecule has 136 valence electrons. The molecule has 1 amide bonds. The highest BCUT2D eigenvalue weighted by molar-refractivity contribution is 5.79. The summed E-state index contributed by atoms with van der Waals surface area (Å²) in [5, 5.41) is 0. The lowest BCUT2D eigenvalue weighted by atomic mass is 9.82. The van der Waals surface area contributed by atoms with Crippen molar-refractivity contribution in [2.75, 3.05) is 13.1 Å². The summed E-state index contributed by atoms with van der Waals surface area (Å²) in [7, 11) is 0. The maximum atomic E-state index is 13.0. The van der Waals surface area contributed by atoms with E-state index in [2.05, 4.69) is 21.4 Å². The molecule has 4 rings (SSSR count). The van der Waals surface area contributed by atoms with Gasteiger partial charge in [-0.25, -0.2) is 10.9 Å². The van der Waals surface area contributed by atoms with E-state index in [1.807, 2.05) is 23.1 Å². The van der Waals surface area contributed by atoms with Gasteiger partial charge in [-0.1, -0.05) is 6.07 Å². The Morgan fingerprint density at radius 2 is 2.16 bits per heavy atom. The molecule has 1 saturated carbocycles. The van der Waals surface area contributed by atoms with Crippen LogP contribution in [-0.4, -0.2) is 47.1 Å². The number of nitrogens with one attached hydrogen (secondary N) is 3. The van der Waals surface area contributed by atoms with Crippen LogP contribution in [0, 0.1) is 5.92 Å². The first kappa shape index (κ1) is 16.9. The first-order valence-electron chi connectivity index (χ1n) is 9.36. The van der Waals surface area contributed by atoms with Crippen LogP contribution in [0.2, 0.25) is 0 Å². The molecular weight excluding hydrogens is 318 g/mol. The molecule has 0 bridgehead atoms. The normalized spacial score (nSPS) is 32.4. The topological polar surface area (TPSA) is 78.5 Å². The van der Waals surface area contributed by atoms with Gasteiger partial charge in [-0.2, -0.15) is 5.53 Å². The van der Waals surface area contributed by atoms with E-state index in [4.69, 9.17) is 4.74 Å². The number of amides is 1. The van der Waals surface area contributed by atoms with Crippen molar-refractivity contribution in [3.8, 4) is 0 Å². The average Bonchev–Trinajstić information content (AvgIpc) is 3.14. The second-order valence-corrected chi connectivity index (χ2v) is 7.32. The van der Waals surface area contributed by atoms with Gasteiger partial charge in [-0.05, 0) is 44.2 Å². The Kier molecular flexibility index (Phi) is 5.26. The van der Waals surface area contributed by atoms with E-state index < -0.39 is 0 Å². The number of fused-ring (bicyclic) bond motifs is 1. The Hall–Kier alpha value is -1.54. The minimum absolute atomic E-state index is 0.115. The molecule has 0 spiro atoms. The number of likely N-dealkylation sites (tertiary alicyclic amines) is 1. The van der Waals surface area contributed by atoms with Gasteiger partial charge in [-0.3, -0.25) is 9.78 Å². The van der Waals surface area contributed by atoms with Crippen molar-refractivity contribution >= 4 is 5.91 Å². The summed E-state index contributed by atoms with van der Waals surface area (Å²) in [5.74, 6) is 0.434. The molecule has 4 unspecified atom stereocenters. The van der Waals surface area contributed by atoms with Crippen LogP contribution in [0.15, 0.2) is 24.4 Å². The largest absolute Gasteiger partial charge is 0.370 e.